The molecule has 0 fully saturated rings. The second-order valence-corrected chi connectivity index (χ2v) is 4.19. The number of benzene rings is 1. The van der Waals surface area contributed by atoms with Gasteiger partial charge in [-0.15, -0.1) is 0 Å². The van der Waals surface area contributed by atoms with Crippen molar-refractivity contribution in [3.05, 3.63) is 36.0 Å². The van der Waals surface area contributed by atoms with E-state index < -0.39 is 5.91 Å². The van der Waals surface area contributed by atoms with Crippen molar-refractivity contribution in [2.75, 3.05) is 18.5 Å². The number of nitrogens with two attached hydrogens (primary N) is 1. The normalized spacial score (nSPS) is 9.67. The van der Waals surface area contributed by atoms with Gasteiger partial charge in [-0.2, -0.15) is 10.5 Å². The molecule has 7 nitrogen and oxygen atoms in total. The Morgan fingerprint density at radius 2 is 1.86 bits per heavy atom. The third-order valence-electron chi connectivity index (χ3n) is 2.97. The molecule has 0 aliphatic heterocycles. The van der Waals surface area contributed by atoms with E-state index in [1.807, 2.05) is 12.1 Å². The van der Waals surface area contributed by atoms with E-state index in [4.69, 9.17) is 16.4 Å². The summed E-state index contributed by atoms with van der Waals surface area (Å²) in [6.07, 6.45) is 1.39. The Morgan fingerprint density at radius 1 is 1.24 bits per heavy atom. The molecule has 104 valence electrons. The average molecular weight is 280 g/mol. The molecule has 1 aromatic heterocycles. The predicted molar refractivity (Wildman–Crippen MR) is 76.7 cm³/mol. The lowest BCUT2D eigenvalue weighted by Crippen LogP contribution is -2.32. The standard InChI is InChI=1S/C14H12N6O/c15-5-7-20(8-6-16)14(21)12-9-18-13(19-17)11-4-2-1-3-10(11)12/h1-4,9H,7-8,17H2,(H,18,19). The molecule has 0 saturated heterocycles. The van der Waals surface area contributed by atoms with Gasteiger partial charge in [0, 0.05) is 11.6 Å². The number of hydrazine groups is 1. The van der Waals surface area contributed by atoms with Crippen LogP contribution in [0.25, 0.3) is 10.8 Å². The number of carbonyl (C=O) groups excluding carboxylic acids is 1. The van der Waals surface area contributed by atoms with Gasteiger partial charge >= 0.3 is 0 Å². The van der Waals surface area contributed by atoms with Crippen LogP contribution in [-0.4, -0.2) is 28.9 Å². The fraction of sp³-hybridized carbons (Fsp3) is 0.143. The van der Waals surface area contributed by atoms with Gasteiger partial charge in [0.25, 0.3) is 5.91 Å². The molecule has 21 heavy (non-hydrogen) atoms. The highest BCUT2D eigenvalue weighted by atomic mass is 16.2. The summed E-state index contributed by atoms with van der Waals surface area (Å²) in [5.74, 6) is 5.44. The number of fused-ring (bicyclic) bond motifs is 1. The van der Waals surface area contributed by atoms with Crippen molar-refractivity contribution in [2.45, 2.75) is 0 Å². The van der Waals surface area contributed by atoms with Gasteiger partial charge in [0.2, 0.25) is 0 Å². The van der Waals surface area contributed by atoms with Crippen LogP contribution >= 0.6 is 0 Å². The zero-order valence-electron chi connectivity index (χ0n) is 11.1. The number of rotatable bonds is 4. The monoisotopic (exact) mass is 280 g/mol. The number of aromatic nitrogens is 1. The van der Waals surface area contributed by atoms with Gasteiger partial charge in [-0.1, -0.05) is 24.3 Å². The first-order chi connectivity index (χ1) is 10.2. The molecule has 0 aliphatic rings. The first kappa shape index (κ1) is 14.3. The van der Waals surface area contributed by atoms with E-state index in [9.17, 15) is 4.79 Å². The highest BCUT2D eigenvalue weighted by molar-refractivity contribution is 6.09. The van der Waals surface area contributed by atoms with Crippen molar-refractivity contribution >= 4 is 22.5 Å². The van der Waals surface area contributed by atoms with Crippen molar-refractivity contribution < 1.29 is 4.79 Å². The molecule has 0 radical (unpaired) electrons. The molecule has 3 N–H and O–H groups in total. The van der Waals surface area contributed by atoms with Crippen molar-refractivity contribution in [1.82, 2.24) is 9.88 Å². The molecule has 1 amide bonds. The van der Waals surface area contributed by atoms with E-state index in [-0.39, 0.29) is 13.1 Å². The van der Waals surface area contributed by atoms with Crippen LogP contribution in [0.4, 0.5) is 5.82 Å². The van der Waals surface area contributed by atoms with E-state index >= 15 is 0 Å². The van der Waals surface area contributed by atoms with E-state index in [0.717, 1.165) is 0 Å². The zero-order chi connectivity index (χ0) is 15.2. The number of amides is 1. The highest BCUT2D eigenvalue weighted by Gasteiger charge is 2.19. The fourth-order valence-electron chi connectivity index (χ4n) is 2.02. The van der Waals surface area contributed by atoms with E-state index in [2.05, 4.69) is 10.4 Å². The summed E-state index contributed by atoms with van der Waals surface area (Å²) < 4.78 is 0. The summed E-state index contributed by atoms with van der Waals surface area (Å²) in [7, 11) is 0. The van der Waals surface area contributed by atoms with Gasteiger partial charge in [0.1, 0.15) is 18.9 Å². The van der Waals surface area contributed by atoms with Gasteiger partial charge in [-0.05, 0) is 5.39 Å². The minimum atomic E-state index is -0.412. The van der Waals surface area contributed by atoms with Crippen LogP contribution in [0.2, 0.25) is 0 Å². The largest absolute Gasteiger partial charge is 0.312 e. The molecular weight excluding hydrogens is 268 g/mol. The molecule has 0 spiro atoms. The van der Waals surface area contributed by atoms with E-state index in [1.54, 1.807) is 24.3 Å². The average Bonchev–Trinajstić information content (AvgIpc) is 2.53. The summed E-state index contributed by atoms with van der Waals surface area (Å²) in [5.41, 5.74) is 2.80. The maximum absolute atomic E-state index is 12.5. The second-order valence-electron chi connectivity index (χ2n) is 4.19. The molecule has 7 heteroatoms. The molecule has 2 rings (SSSR count). The van der Waals surface area contributed by atoms with Crippen LogP contribution < -0.4 is 11.3 Å². The number of nitrogens with zero attached hydrogens (tertiary/aromatic N) is 4. The van der Waals surface area contributed by atoms with Crippen molar-refractivity contribution in [3.63, 3.8) is 0 Å². The number of hydrogen-bond acceptors (Lipinski definition) is 6. The van der Waals surface area contributed by atoms with Crippen LogP contribution in [0.15, 0.2) is 30.5 Å². The first-order valence-electron chi connectivity index (χ1n) is 6.10. The lowest BCUT2D eigenvalue weighted by Gasteiger charge is -2.17. The third kappa shape index (κ3) is 2.73. The Bertz CT molecular complexity index is 742. The molecule has 0 unspecified atom stereocenters. The molecule has 1 heterocycles. The topological polar surface area (TPSA) is 119 Å². The van der Waals surface area contributed by atoms with E-state index in [0.29, 0.717) is 22.2 Å². The molecular formula is C14H12N6O. The summed E-state index contributed by atoms with van der Waals surface area (Å²) >= 11 is 0. The number of carbonyl (C=O) groups is 1. The van der Waals surface area contributed by atoms with Gasteiger partial charge in [-0.25, -0.2) is 10.8 Å². The Labute approximate surface area is 121 Å². The number of hydrogen-bond donors (Lipinski definition) is 2. The maximum atomic E-state index is 12.5. The predicted octanol–water partition coefficient (Wildman–Crippen LogP) is 1.01. The molecule has 2 aromatic rings. The number of nitrogen functional groups attached to an aromatic ring is 1. The van der Waals surface area contributed by atoms with Crippen LogP contribution in [0.3, 0.4) is 0 Å². The molecule has 0 saturated carbocycles. The Balaban J connectivity index is 2.54. The summed E-state index contributed by atoms with van der Waals surface area (Å²) in [6, 6.07) is 10.9. The Morgan fingerprint density at radius 3 is 2.43 bits per heavy atom. The Hall–Kier alpha value is -3.16. The van der Waals surface area contributed by atoms with Gasteiger partial charge in [-0.3, -0.25) is 4.79 Å². The van der Waals surface area contributed by atoms with Crippen LogP contribution in [0.1, 0.15) is 10.4 Å². The molecule has 0 aliphatic carbocycles. The summed E-state index contributed by atoms with van der Waals surface area (Å²) in [4.78, 5) is 17.7. The molecule has 1 aromatic carbocycles. The van der Waals surface area contributed by atoms with Crippen molar-refractivity contribution in [1.29, 1.82) is 10.5 Å². The van der Waals surface area contributed by atoms with Crippen LogP contribution in [-0.2, 0) is 0 Å². The molecule has 0 atom stereocenters. The minimum Gasteiger partial charge on any atom is -0.312 e. The fourth-order valence-corrected chi connectivity index (χ4v) is 2.02. The minimum absolute atomic E-state index is 0.155. The zero-order valence-corrected chi connectivity index (χ0v) is 11.1. The quantitative estimate of drug-likeness (QED) is 0.490. The SMILES string of the molecule is N#CCN(CC#N)C(=O)c1cnc(NN)c2ccccc12. The smallest absolute Gasteiger partial charge is 0.257 e. The van der Waals surface area contributed by atoms with Crippen LogP contribution in [0, 0.1) is 22.7 Å². The van der Waals surface area contributed by atoms with Crippen molar-refractivity contribution in [2.24, 2.45) is 5.84 Å². The van der Waals surface area contributed by atoms with Gasteiger partial charge in [0.05, 0.1) is 17.7 Å². The number of nitriles is 2. The Kier molecular flexibility index (Phi) is 4.30. The highest BCUT2D eigenvalue weighted by Crippen LogP contribution is 2.24. The molecule has 0 bridgehead atoms. The third-order valence-corrected chi connectivity index (χ3v) is 2.97. The number of pyridine rings is 1. The second kappa shape index (κ2) is 6.33. The first-order valence-corrected chi connectivity index (χ1v) is 6.10. The lowest BCUT2D eigenvalue weighted by molar-refractivity contribution is 0.0796. The summed E-state index contributed by atoms with van der Waals surface area (Å²) in [5, 5.41) is 18.9. The number of anilines is 1. The lowest BCUT2D eigenvalue weighted by atomic mass is 10.1. The van der Waals surface area contributed by atoms with Gasteiger partial charge < -0.3 is 10.3 Å². The number of nitrogens with one attached hydrogen (secondary N) is 1. The van der Waals surface area contributed by atoms with Crippen molar-refractivity contribution in [3.8, 4) is 12.1 Å². The van der Waals surface area contributed by atoms with Crippen LogP contribution in [0.5, 0.6) is 0 Å². The summed E-state index contributed by atoms with van der Waals surface area (Å²) in [6.45, 7) is -0.310. The van der Waals surface area contributed by atoms with E-state index in [1.165, 1.54) is 11.1 Å². The van der Waals surface area contributed by atoms with Gasteiger partial charge in [0.15, 0.2) is 0 Å². The maximum Gasteiger partial charge on any atom is 0.257 e.